The van der Waals surface area contributed by atoms with Gasteiger partial charge in [0.05, 0.1) is 24.7 Å². The highest BCUT2D eigenvalue weighted by Crippen LogP contribution is 2.34. The molecule has 1 fully saturated rings. The molecule has 3 aromatic heterocycles. The molecule has 1 atom stereocenters. The lowest BCUT2D eigenvalue weighted by Crippen LogP contribution is -2.42. The van der Waals surface area contributed by atoms with E-state index >= 15 is 0 Å². The molecule has 5 rings (SSSR count). The van der Waals surface area contributed by atoms with Gasteiger partial charge in [-0.15, -0.1) is 0 Å². The molecular formula is C22H20FN5O3. The molecule has 0 N–H and O–H groups in total. The van der Waals surface area contributed by atoms with Gasteiger partial charge in [-0.2, -0.15) is 0 Å². The van der Waals surface area contributed by atoms with Crippen molar-refractivity contribution >= 4 is 28.5 Å². The number of pyridine rings is 1. The molecule has 1 aliphatic carbocycles. The van der Waals surface area contributed by atoms with Gasteiger partial charge in [0.1, 0.15) is 30.4 Å². The van der Waals surface area contributed by atoms with Crippen LogP contribution in [0.3, 0.4) is 0 Å². The normalized spacial score (nSPS) is 17.7. The maximum Gasteiger partial charge on any atom is 0.328 e. The van der Waals surface area contributed by atoms with Gasteiger partial charge >= 0.3 is 5.97 Å². The standard InChI is InChI=1S/C22H20FN5O3/c1-31-22(30)18-3-2-7-28(18)19(29)11-27-8-6-15-20(25-12-26-21(15)27)14-4-5-17-16(14)9-13(23)10-24-17/h4,6,8-10,12,18H,2-3,5,7,11H2,1H3/t18-/m1/s1. The highest BCUT2D eigenvalue weighted by atomic mass is 19.1. The van der Waals surface area contributed by atoms with Crippen LogP contribution in [0.15, 0.2) is 36.9 Å². The van der Waals surface area contributed by atoms with Gasteiger partial charge in [-0.3, -0.25) is 9.78 Å². The van der Waals surface area contributed by atoms with Crippen LogP contribution in [0.25, 0.3) is 16.6 Å². The second kappa shape index (κ2) is 7.57. The number of carbonyl (C=O) groups excluding carboxylic acids is 2. The molecule has 4 heterocycles. The number of amides is 1. The number of likely N-dealkylation sites (tertiary alicyclic amines) is 1. The number of rotatable bonds is 4. The van der Waals surface area contributed by atoms with Crippen molar-refractivity contribution in [1.82, 2.24) is 24.4 Å². The minimum absolute atomic E-state index is 0.0548. The summed E-state index contributed by atoms with van der Waals surface area (Å²) in [6, 6.07) is 2.79. The van der Waals surface area contributed by atoms with Crippen LogP contribution in [-0.4, -0.2) is 56.0 Å². The Morgan fingerprint density at radius 3 is 3.00 bits per heavy atom. The lowest BCUT2D eigenvalue weighted by molar-refractivity contribution is -0.151. The molecule has 8 nitrogen and oxygen atoms in total. The molecule has 0 unspecified atom stereocenters. The Hall–Kier alpha value is -3.62. The number of fused-ring (bicyclic) bond motifs is 2. The van der Waals surface area contributed by atoms with Crippen LogP contribution in [0.4, 0.5) is 4.39 Å². The number of nitrogens with zero attached hydrogens (tertiary/aromatic N) is 5. The molecule has 0 aromatic carbocycles. The Morgan fingerprint density at radius 1 is 1.29 bits per heavy atom. The average Bonchev–Trinajstić information content (AvgIpc) is 3.51. The van der Waals surface area contributed by atoms with Crippen molar-refractivity contribution in [3.8, 4) is 0 Å². The number of hydrogen-bond donors (Lipinski definition) is 0. The summed E-state index contributed by atoms with van der Waals surface area (Å²) in [7, 11) is 1.33. The highest BCUT2D eigenvalue weighted by Gasteiger charge is 2.35. The summed E-state index contributed by atoms with van der Waals surface area (Å²) < 4.78 is 20.4. The lowest BCUT2D eigenvalue weighted by atomic mass is 10.0. The topological polar surface area (TPSA) is 90.2 Å². The maximum absolute atomic E-state index is 13.8. The molecule has 2 aliphatic rings. The van der Waals surface area contributed by atoms with Gasteiger partial charge in [-0.05, 0) is 25.0 Å². The molecule has 0 spiro atoms. The van der Waals surface area contributed by atoms with E-state index in [9.17, 15) is 14.0 Å². The van der Waals surface area contributed by atoms with Crippen molar-refractivity contribution in [1.29, 1.82) is 0 Å². The Bertz CT molecular complexity index is 1240. The van der Waals surface area contributed by atoms with Gasteiger partial charge in [-0.1, -0.05) is 6.08 Å². The van der Waals surface area contributed by atoms with E-state index in [0.29, 0.717) is 30.7 Å². The maximum atomic E-state index is 13.8. The SMILES string of the molecule is COC(=O)[C@H]1CCCN1C(=O)Cn1ccc2c(C3=CCc4ncc(F)cc43)ncnc21. The number of halogens is 1. The number of allylic oxidation sites excluding steroid dienone is 1. The monoisotopic (exact) mass is 421 g/mol. The van der Waals surface area contributed by atoms with Crippen LogP contribution in [0, 0.1) is 5.82 Å². The zero-order valence-electron chi connectivity index (χ0n) is 16.9. The van der Waals surface area contributed by atoms with Crippen LogP contribution in [-0.2, 0) is 27.3 Å². The third kappa shape index (κ3) is 3.26. The summed E-state index contributed by atoms with van der Waals surface area (Å²) in [6.07, 6.45) is 8.40. The molecule has 158 valence electrons. The van der Waals surface area contributed by atoms with E-state index < -0.39 is 11.9 Å². The van der Waals surface area contributed by atoms with Gasteiger partial charge in [0.25, 0.3) is 0 Å². The van der Waals surface area contributed by atoms with Crippen molar-refractivity contribution in [2.45, 2.75) is 31.8 Å². The molecule has 1 amide bonds. The minimum Gasteiger partial charge on any atom is -0.467 e. The summed E-state index contributed by atoms with van der Waals surface area (Å²) in [6.45, 7) is 0.583. The third-order valence-electron chi connectivity index (χ3n) is 5.89. The number of esters is 1. The van der Waals surface area contributed by atoms with Gasteiger partial charge in [0.2, 0.25) is 5.91 Å². The predicted molar refractivity (Wildman–Crippen MR) is 109 cm³/mol. The van der Waals surface area contributed by atoms with E-state index in [1.54, 1.807) is 15.7 Å². The van der Waals surface area contributed by atoms with Crippen LogP contribution >= 0.6 is 0 Å². The van der Waals surface area contributed by atoms with E-state index in [4.69, 9.17) is 4.74 Å². The summed E-state index contributed by atoms with van der Waals surface area (Å²) >= 11 is 0. The quantitative estimate of drug-likeness (QED) is 0.600. The zero-order chi connectivity index (χ0) is 21.5. The Labute approximate surface area is 177 Å². The molecule has 9 heteroatoms. The summed E-state index contributed by atoms with van der Waals surface area (Å²) in [5.41, 5.74) is 3.62. The van der Waals surface area contributed by atoms with Crippen LogP contribution in [0.5, 0.6) is 0 Å². The largest absolute Gasteiger partial charge is 0.467 e. The number of aromatic nitrogens is 4. The fraction of sp³-hybridized carbons (Fsp3) is 0.318. The molecule has 0 bridgehead atoms. The molecule has 3 aromatic rings. The zero-order valence-corrected chi connectivity index (χ0v) is 16.9. The Kier molecular flexibility index (Phi) is 4.72. The third-order valence-corrected chi connectivity index (χ3v) is 5.89. The first-order valence-corrected chi connectivity index (χ1v) is 10.1. The Balaban J connectivity index is 1.46. The fourth-order valence-corrected chi connectivity index (χ4v) is 4.43. The second-order valence-electron chi connectivity index (χ2n) is 7.64. The number of methoxy groups -OCH3 is 1. The van der Waals surface area contributed by atoms with E-state index in [1.165, 1.54) is 25.7 Å². The van der Waals surface area contributed by atoms with Crippen molar-refractivity contribution in [3.63, 3.8) is 0 Å². The average molecular weight is 421 g/mol. The Morgan fingerprint density at radius 2 is 2.16 bits per heavy atom. The van der Waals surface area contributed by atoms with Crippen LogP contribution < -0.4 is 0 Å². The lowest BCUT2D eigenvalue weighted by Gasteiger charge is -2.23. The second-order valence-corrected chi connectivity index (χ2v) is 7.64. The van der Waals surface area contributed by atoms with Crippen molar-refractivity contribution < 1.29 is 18.7 Å². The predicted octanol–water partition coefficient (Wildman–Crippen LogP) is 2.12. The first-order chi connectivity index (χ1) is 15.1. The van der Waals surface area contributed by atoms with Crippen LogP contribution in [0.1, 0.15) is 29.8 Å². The molecule has 0 radical (unpaired) electrons. The number of ether oxygens (including phenoxy) is 1. The fourth-order valence-electron chi connectivity index (χ4n) is 4.43. The summed E-state index contributed by atoms with van der Waals surface area (Å²) in [5.74, 6) is -0.950. The van der Waals surface area contributed by atoms with Gasteiger partial charge in [0, 0.05) is 35.7 Å². The molecule has 1 aliphatic heterocycles. The van der Waals surface area contributed by atoms with E-state index in [0.717, 1.165) is 28.6 Å². The molecule has 1 saturated heterocycles. The first kappa shape index (κ1) is 19.3. The number of hydrogen-bond acceptors (Lipinski definition) is 6. The summed E-state index contributed by atoms with van der Waals surface area (Å²) in [4.78, 5) is 39.4. The van der Waals surface area contributed by atoms with Crippen molar-refractivity contribution in [2.24, 2.45) is 0 Å². The van der Waals surface area contributed by atoms with Gasteiger partial charge in [0.15, 0.2) is 0 Å². The first-order valence-electron chi connectivity index (χ1n) is 10.1. The van der Waals surface area contributed by atoms with E-state index in [-0.39, 0.29) is 18.4 Å². The smallest absolute Gasteiger partial charge is 0.328 e. The van der Waals surface area contributed by atoms with Gasteiger partial charge in [-0.25, -0.2) is 19.2 Å². The summed E-state index contributed by atoms with van der Waals surface area (Å²) in [5, 5.41) is 0.768. The van der Waals surface area contributed by atoms with E-state index in [2.05, 4.69) is 15.0 Å². The van der Waals surface area contributed by atoms with Crippen LogP contribution in [0.2, 0.25) is 0 Å². The van der Waals surface area contributed by atoms with Gasteiger partial charge < -0.3 is 14.2 Å². The molecule has 0 saturated carbocycles. The highest BCUT2D eigenvalue weighted by molar-refractivity contribution is 5.95. The molecule has 31 heavy (non-hydrogen) atoms. The number of carbonyl (C=O) groups is 2. The molecular weight excluding hydrogens is 401 g/mol. The van der Waals surface area contributed by atoms with E-state index in [1.807, 2.05) is 12.1 Å². The minimum atomic E-state index is -0.535. The van der Waals surface area contributed by atoms with Crippen molar-refractivity contribution in [3.05, 3.63) is 59.7 Å². The van der Waals surface area contributed by atoms with Crippen molar-refractivity contribution in [2.75, 3.05) is 13.7 Å².